The maximum absolute atomic E-state index is 13.1. The molecule has 0 spiro atoms. The van der Waals surface area contributed by atoms with Crippen LogP contribution in [0, 0.1) is 0 Å². The van der Waals surface area contributed by atoms with Crippen molar-refractivity contribution in [2.24, 2.45) is 4.99 Å². The number of anilines is 2. The third kappa shape index (κ3) is 7.00. The fourth-order valence-electron chi connectivity index (χ4n) is 3.59. The monoisotopic (exact) mass is 483 g/mol. The Morgan fingerprint density at radius 1 is 1.09 bits per heavy atom. The number of hydrogen-bond acceptors (Lipinski definition) is 6. The molecule has 2 aromatic carbocycles. The lowest BCUT2D eigenvalue weighted by molar-refractivity contribution is -0.121. The average molecular weight is 484 g/mol. The zero-order valence-corrected chi connectivity index (χ0v) is 20.9. The molecule has 0 radical (unpaired) electrons. The van der Waals surface area contributed by atoms with Crippen molar-refractivity contribution in [1.29, 1.82) is 0 Å². The fourth-order valence-corrected chi connectivity index (χ4v) is 4.67. The fraction of sp³-hybridized carbons (Fsp3) is 0.423. The third-order valence-electron chi connectivity index (χ3n) is 5.34. The van der Waals surface area contributed by atoms with E-state index in [0.29, 0.717) is 24.0 Å². The molecule has 182 valence electrons. The van der Waals surface area contributed by atoms with Crippen molar-refractivity contribution in [1.82, 2.24) is 0 Å². The lowest BCUT2D eigenvalue weighted by atomic mass is 10.2. The Labute approximate surface area is 205 Å². The topological polar surface area (TPSA) is 80.2 Å². The number of carbonyl (C=O) groups is 2. The summed E-state index contributed by atoms with van der Waals surface area (Å²) in [7, 11) is 1.61. The van der Waals surface area contributed by atoms with Crippen LogP contribution < -0.4 is 19.7 Å². The molecule has 1 aliphatic rings. The molecular formula is C26H33N3O4S. The van der Waals surface area contributed by atoms with Crippen molar-refractivity contribution in [3.05, 3.63) is 48.5 Å². The molecule has 1 aliphatic heterocycles. The predicted octanol–water partition coefficient (Wildman–Crippen LogP) is 5.51. The van der Waals surface area contributed by atoms with Crippen molar-refractivity contribution < 1.29 is 19.1 Å². The van der Waals surface area contributed by atoms with Gasteiger partial charge in [-0.25, -0.2) is 4.90 Å². The highest BCUT2D eigenvalue weighted by Crippen LogP contribution is 2.32. The van der Waals surface area contributed by atoms with E-state index in [1.165, 1.54) is 29.5 Å². The van der Waals surface area contributed by atoms with Gasteiger partial charge >= 0.3 is 0 Å². The lowest BCUT2D eigenvalue weighted by Crippen LogP contribution is -2.31. The Kier molecular flexibility index (Phi) is 9.82. The number of nitrogens with zero attached hydrogens (tertiary/aromatic N) is 2. The number of unbranched alkanes of at least 4 members (excludes halogenated alkanes) is 3. The predicted molar refractivity (Wildman–Crippen MR) is 139 cm³/mol. The summed E-state index contributed by atoms with van der Waals surface area (Å²) in [5.74, 6) is 1.01. The van der Waals surface area contributed by atoms with Crippen molar-refractivity contribution in [2.75, 3.05) is 30.5 Å². The van der Waals surface area contributed by atoms with Crippen LogP contribution in [0.25, 0.3) is 0 Å². The molecule has 2 amide bonds. The van der Waals surface area contributed by atoms with E-state index in [1.807, 2.05) is 43.3 Å². The zero-order chi connectivity index (χ0) is 24.3. The highest BCUT2D eigenvalue weighted by molar-refractivity contribution is 8.15. The summed E-state index contributed by atoms with van der Waals surface area (Å²) in [6.07, 6.45) is 4.69. The first-order valence-corrected chi connectivity index (χ1v) is 12.7. The maximum Gasteiger partial charge on any atom is 0.247 e. The largest absolute Gasteiger partial charge is 0.497 e. The van der Waals surface area contributed by atoms with E-state index < -0.39 is 5.25 Å². The molecule has 1 fully saturated rings. The van der Waals surface area contributed by atoms with E-state index in [1.54, 1.807) is 19.2 Å². The minimum absolute atomic E-state index is 0.127. The Hall–Kier alpha value is -3.00. The van der Waals surface area contributed by atoms with Gasteiger partial charge in [-0.1, -0.05) is 44.0 Å². The number of methoxy groups -OCH3 is 1. The molecule has 0 saturated carbocycles. The summed E-state index contributed by atoms with van der Waals surface area (Å²) in [5.41, 5.74) is 1.36. The summed E-state index contributed by atoms with van der Waals surface area (Å²) in [6.45, 7) is 5.32. The number of amides is 2. The van der Waals surface area contributed by atoms with E-state index in [9.17, 15) is 9.59 Å². The van der Waals surface area contributed by atoms with Crippen LogP contribution in [-0.4, -0.2) is 42.5 Å². The van der Waals surface area contributed by atoms with Gasteiger partial charge in [-0.2, -0.15) is 0 Å². The third-order valence-corrected chi connectivity index (χ3v) is 6.45. The van der Waals surface area contributed by atoms with Crippen LogP contribution >= 0.6 is 11.8 Å². The first-order chi connectivity index (χ1) is 16.5. The number of hydrogen-bond donors (Lipinski definition) is 1. The maximum atomic E-state index is 13.1. The van der Waals surface area contributed by atoms with Crippen LogP contribution in [0.15, 0.2) is 53.5 Å². The second-order valence-corrected chi connectivity index (χ2v) is 9.11. The second-order valence-electron chi connectivity index (χ2n) is 7.92. The van der Waals surface area contributed by atoms with E-state index in [0.717, 1.165) is 30.0 Å². The summed E-state index contributed by atoms with van der Waals surface area (Å²) in [5, 5.41) is 3.30. The van der Waals surface area contributed by atoms with Gasteiger partial charge in [0, 0.05) is 24.7 Å². The van der Waals surface area contributed by atoms with E-state index in [-0.39, 0.29) is 18.2 Å². The first kappa shape index (κ1) is 25.6. The van der Waals surface area contributed by atoms with Gasteiger partial charge in [0.2, 0.25) is 11.8 Å². The van der Waals surface area contributed by atoms with Crippen LogP contribution in [0.2, 0.25) is 0 Å². The number of carbonyl (C=O) groups excluding carboxylic acids is 2. The molecule has 7 nitrogen and oxygen atoms in total. The van der Waals surface area contributed by atoms with Gasteiger partial charge < -0.3 is 14.8 Å². The molecule has 3 rings (SSSR count). The number of rotatable bonds is 11. The quantitative estimate of drug-likeness (QED) is 0.197. The molecule has 1 heterocycles. The number of amidine groups is 1. The van der Waals surface area contributed by atoms with Gasteiger partial charge in [0.15, 0.2) is 5.17 Å². The van der Waals surface area contributed by atoms with Gasteiger partial charge in [0.1, 0.15) is 16.7 Å². The normalized spacial score (nSPS) is 16.1. The highest BCUT2D eigenvalue weighted by atomic mass is 32.2. The molecule has 1 saturated heterocycles. The Morgan fingerprint density at radius 3 is 2.59 bits per heavy atom. The van der Waals surface area contributed by atoms with E-state index in [4.69, 9.17) is 9.47 Å². The summed E-state index contributed by atoms with van der Waals surface area (Å²) in [4.78, 5) is 31.6. The van der Waals surface area contributed by atoms with Crippen molar-refractivity contribution >= 4 is 40.1 Å². The number of thioether (sulfide) groups is 1. The van der Waals surface area contributed by atoms with E-state index in [2.05, 4.69) is 17.2 Å². The average Bonchev–Trinajstić information content (AvgIpc) is 3.12. The summed E-state index contributed by atoms with van der Waals surface area (Å²) >= 11 is 1.28. The number of imide groups is 1. The molecule has 1 atom stereocenters. The van der Waals surface area contributed by atoms with Crippen LogP contribution in [0.3, 0.4) is 0 Å². The summed E-state index contributed by atoms with van der Waals surface area (Å²) < 4.78 is 11.0. The van der Waals surface area contributed by atoms with Gasteiger partial charge in [-0.3, -0.25) is 14.6 Å². The molecule has 0 aliphatic carbocycles. The minimum Gasteiger partial charge on any atom is -0.497 e. The number of nitrogens with one attached hydrogen (secondary N) is 1. The number of benzene rings is 2. The van der Waals surface area contributed by atoms with Gasteiger partial charge in [0.05, 0.1) is 19.4 Å². The molecule has 1 N–H and O–H groups in total. The second kappa shape index (κ2) is 13.0. The standard InChI is InChI=1S/C26H33N3O4S/c1-4-6-7-8-16-33-21-14-12-20(13-15-21)29-24(30)18-23(25(29)31)34-26(27-5-2)28-19-10-9-11-22(17-19)32-3/h9-15,17,23H,4-8,16,18H2,1-3H3,(H,27,28). The van der Waals surface area contributed by atoms with Crippen LogP contribution in [0.4, 0.5) is 11.4 Å². The molecule has 1 unspecified atom stereocenters. The van der Waals surface area contributed by atoms with Crippen molar-refractivity contribution in [3.63, 3.8) is 0 Å². The van der Waals surface area contributed by atoms with E-state index >= 15 is 0 Å². The molecule has 34 heavy (non-hydrogen) atoms. The van der Waals surface area contributed by atoms with Crippen LogP contribution in [0.5, 0.6) is 11.5 Å². The van der Waals surface area contributed by atoms with Gasteiger partial charge in [-0.15, -0.1) is 0 Å². The lowest BCUT2D eigenvalue weighted by Gasteiger charge is -2.16. The number of aliphatic imine (C=N–C) groups is 1. The Balaban J connectivity index is 1.62. The molecule has 0 bridgehead atoms. The molecule has 2 aromatic rings. The van der Waals surface area contributed by atoms with Crippen LogP contribution in [-0.2, 0) is 9.59 Å². The van der Waals surface area contributed by atoms with Crippen molar-refractivity contribution in [2.45, 2.75) is 51.2 Å². The summed E-state index contributed by atoms with van der Waals surface area (Å²) in [6, 6.07) is 14.6. The SMILES string of the molecule is CCCCCCOc1ccc(N2C(=O)CC(SC(=NCC)Nc3cccc(OC)c3)C2=O)cc1. The molecule has 0 aromatic heterocycles. The smallest absolute Gasteiger partial charge is 0.247 e. The molecular weight excluding hydrogens is 450 g/mol. The molecule has 8 heteroatoms. The number of ether oxygens (including phenoxy) is 2. The highest BCUT2D eigenvalue weighted by Gasteiger charge is 2.40. The van der Waals surface area contributed by atoms with Crippen molar-refractivity contribution in [3.8, 4) is 11.5 Å². The Bertz CT molecular complexity index is 994. The van der Waals surface area contributed by atoms with Gasteiger partial charge in [-0.05, 0) is 49.7 Å². The van der Waals surface area contributed by atoms with Crippen LogP contribution in [0.1, 0.15) is 46.0 Å². The Morgan fingerprint density at radius 2 is 1.88 bits per heavy atom. The first-order valence-electron chi connectivity index (χ1n) is 11.8. The van der Waals surface area contributed by atoms with Gasteiger partial charge in [0.25, 0.3) is 0 Å². The minimum atomic E-state index is -0.537. The zero-order valence-electron chi connectivity index (χ0n) is 20.1.